The van der Waals surface area contributed by atoms with Crippen LogP contribution in [0.25, 0.3) is 0 Å². The molecule has 2 amide bonds. The van der Waals surface area contributed by atoms with E-state index in [1.54, 1.807) is 13.0 Å². The Morgan fingerprint density at radius 1 is 1.56 bits per heavy atom. The Balaban J connectivity index is 2.40. The number of esters is 1. The van der Waals surface area contributed by atoms with E-state index in [0.29, 0.717) is 0 Å². The average molecular weight is 222 g/mol. The van der Waals surface area contributed by atoms with Crippen molar-refractivity contribution in [1.29, 1.82) is 0 Å². The van der Waals surface area contributed by atoms with Gasteiger partial charge in [-0.3, -0.25) is 14.9 Å². The first-order valence-electron chi connectivity index (χ1n) is 4.83. The number of imide groups is 1. The zero-order chi connectivity index (χ0) is 11.7. The first kappa shape index (κ1) is 10.4. The largest absolute Gasteiger partial charge is 0.464 e. The molecule has 0 unspecified atom stereocenters. The van der Waals surface area contributed by atoms with Gasteiger partial charge < -0.3 is 9.30 Å². The van der Waals surface area contributed by atoms with E-state index in [1.165, 1.54) is 16.8 Å². The number of hydrogen-bond donors (Lipinski definition) is 1. The molecule has 6 heteroatoms. The third-order valence-electron chi connectivity index (χ3n) is 2.28. The first-order valence-corrected chi connectivity index (χ1v) is 4.83. The SMILES string of the molecule is CCOC(=O)[C@@H]1C(=O)NC(=O)c2cccn21. The maximum atomic E-state index is 11.6. The smallest absolute Gasteiger partial charge is 0.339 e. The highest BCUT2D eigenvalue weighted by Crippen LogP contribution is 2.18. The summed E-state index contributed by atoms with van der Waals surface area (Å²) in [5.74, 6) is -1.83. The van der Waals surface area contributed by atoms with Gasteiger partial charge in [0.15, 0.2) is 0 Å². The standard InChI is InChI=1S/C10H10N2O4/c1-2-16-10(15)7-9(14)11-8(13)6-4-3-5-12(6)7/h3-5,7H,2H2,1H3,(H,11,13,14)/t7-/m0/s1. The molecule has 1 N–H and O–H groups in total. The number of aromatic nitrogens is 1. The third-order valence-corrected chi connectivity index (χ3v) is 2.28. The molecule has 2 heterocycles. The van der Waals surface area contributed by atoms with Gasteiger partial charge in [0.25, 0.3) is 11.8 Å². The van der Waals surface area contributed by atoms with Crippen molar-refractivity contribution < 1.29 is 19.1 Å². The molecule has 1 aromatic heterocycles. The number of amides is 2. The summed E-state index contributed by atoms with van der Waals surface area (Å²) < 4.78 is 6.10. The number of nitrogens with one attached hydrogen (secondary N) is 1. The molecule has 16 heavy (non-hydrogen) atoms. The fourth-order valence-corrected chi connectivity index (χ4v) is 1.62. The lowest BCUT2D eigenvalue weighted by Crippen LogP contribution is -2.47. The molecule has 1 atom stereocenters. The molecule has 2 rings (SSSR count). The summed E-state index contributed by atoms with van der Waals surface area (Å²) in [6, 6.07) is 2.02. The molecular formula is C10H10N2O4. The van der Waals surface area contributed by atoms with Crippen LogP contribution in [0.3, 0.4) is 0 Å². The third kappa shape index (κ3) is 1.48. The second-order valence-corrected chi connectivity index (χ2v) is 3.27. The van der Waals surface area contributed by atoms with E-state index in [0.717, 1.165) is 0 Å². The van der Waals surface area contributed by atoms with Crippen molar-refractivity contribution in [3.8, 4) is 0 Å². The van der Waals surface area contributed by atoms with Crippen molar-refractivity contribution in [2.24, 2.45) is 0 Å². The number of hydrogen-bond acceptors (Lipinski definition) is 4. The van der Waals surface area contributed by atoms with Crippen LogP contribution in [0.4, 0.5) is 0 Å². The second kappa shape index (κ2) is 3.80. The Labute approximate surface area is 91.2 Å². The lowest BCUT2D eigenvalue weighted by Gasteiger charge is -2.22. The van der Waals surface area contributed by atoms with Crippen molar-refractivity contribution in [3.05, 3.63) is 24.0 Å². The molecule has 84 valence electrons. The normalized spacial score (nSPS) is 18.9. The van der Waals surface area contributed by atoms with Crippen LogP contribution < -0.4 is 5.32 Å². The number of ether oxygens (including phenoxy) is 1. The Hall–Kier alpha value is -2.11. The summed E-state index contributed by atoms with van der Waals surface area (Å²) >= 11 is 0. The molecule has 0 spiro atoms. The Morgan fingerprint density at radius 3 is 3.00 bits per heavy atom. The van der Waals surface area contributed by atoms with E-state index in [1.807, 2.05) is 0 Å². The van der Waals surface area contributed by atoms with Crippen molar-refractivity contribution in [3.63, 3.8) is 0 Å². The zero-order valence-electron chi connectivity index (χ0n) is 8.60. The Bertz CT molecular complexity index is 463. The number of carbonyl (C=O) groups is 3. The lowest BCUT2D eigenvalue weighted by molar-refractivity contribution is -0.151. The average Bonchev–Trinajstić information content (AvgIpc) is 2.66. The lowest BCUT2D eigenvalue weighted by atomic mass is 10.2. The van der Waals surface area contributed by atoms with Crippen LogP contribution in [-0.4, -0.2) is 29.0 Å². The number of carbonyl (C=O) groups excluding carboxylic acids is 3. The summed E-state index contributed by atoms with van der Waals surface area (Å²) in [5.41, 5.74) is 0.276. The van der Waals surface area contributed by atoms with Gasteiger partial charge in [-0.25, -0.2) is 4.79 Å². The van der Waals surface area contributed by atoms with Gasteiger partial charge in [-0.1, -0.05) is 0 Å². The van der Waals surface area contributed by atoms with E-state index in [2.05, 4.69) is 5.32 Å². The molecule has 0 fully saturated rings. The fourth-order valence-electron chi connectivity index (χ4n) is 1.62. The molecule has 0 aromatic carbocycles. The van der Waals surface area contributed by atoms with Crippen molar-refractivity contribution >= 4 is 17.8 Å². The number of rotatable bonds is 2. The topological polar surface area (TPSA) is 77.4 Å². The molecule has 1 aliphatic rings. The van der Waals surface area contributed by atoms with Gasteiger partial charge in [-0.05, 0) is 19.1 Å². The van der Waals surface area contributed by atoms with Crippen molar-refractivity contribution in [1.82, 2.24) is 9.88 Å². The zero-order valence-corrected chi connectivity index (χ0v) is 8.60. The Kier molecular flexibility index (Phi) is 2.47. The minimum atomic E-state index is -1.11. The van der Waals surface area contributed by atoms with Gasteiger partial charge >= 0.3 is 5.97 Å². The van der Waals surface area contributed by atoms with Crippen LogP contribution in [0, 0.1) is 0 Å². The summed E-state index contributed by atoms with van der Waals surface area (Å²) in [4.78, 5) is 34.5. The molecule has 0 bridgehead atoms. The monoisotopic (exact) mass is 222 g/mol. The van der Waals surface area contributed by atoms with Crippen LogP contribution >= 0.6 is 0 Å². The molecule has 0 aliphatic carbocycles. The van der Waals surface area contributed by atoms with E-state index in [-0.39, 0.29) is 12.3 Å². The van der Waals surface area contributed by atoms with E-state index in [4.69, 9.17) is 4.74 Å². The quantitative estimate of drug-likeness (QED) is 0.429. The summed E-state index contributed by atoms with van der Waals surface area (Å²) in [7, 11) is 0. The van der Waals surface area contributed by atoms with Gasteiger partial charge in [0.2, 0.25) is 6.04 Å². The van der Waals surface area contributed by atoms with E-state index >= 15 is 0 Å². The molecule has 0 saturated carbocycles. The summed E-state index contributed by atoms with van der Waals surface area (Å²) in [5, 5.41) is 2.11. The molecule has 1 aromatic rings. The minimum Gasteiger partial charge on any atom is -0.464 e. The Morgan fingerprint density at radius 2 is 2.31 bits per heavy atom. The van der Waals surface area contributed by atoms with Crippen LogP contribution in [0.2, 0.25) is 0 Å². The van der Waals surface area contributed by atoms with Gasteiger partial charge in [-0.2, -0.15) is 0 Å². The van der Waals surface area contributed by atoms with Crippen LogP contribution in [0.1, 0.15) is 23.5 Å². The first-order chi connectivity index (χ1) is 7.65. The molecule has 6 nitrogen and oxygen atoms in total. The van der Waals surface area contributed by atoms with Crippen molar-refractivity contribution in [2.45, 2.75) is 13.0 Å². The van der Waals surface area contributed by atoms with E-state index in [9.17, 15) is 14.4 Å². The van der Waals surface area contributed by atoms with Crippen molar-refractivity contribution in [2.75, 3.05) is 6.61 Å². The van der Waals surface area contributed by atoms with Gasteiger partial charge in [0.1, 0.15) is 5.69 Å². The maximum Gasteiger partial charge on any atom is 0.339 e. The molecular weight excluding hydrogens is 212 g/mol. The molecule has 1 aliphatic heterocycles. The summed E-state index contributed by atoms with van der Waals surface area (Å²) in [6.45, 7) is 1.84. The highest BCUT2D eigenvalue weighted by molar-refractivity contribution is 6.13. The van der Waals surface area contributed by atoms with E-state index < -0.39 is 23.8 Å². The van der Waals surface area contributed by atoms with Crippen LogP contribution in [0.15, 0.2) is 18.3 Å². The maximum absolute atomic E-state index is 11.6. The second-order valence-electron chi connectivity index (χ2n) is 3.27. The van der Waals surface area contributed by atoms with Crippen LogP contribution in [-0.2, 0) is 14.3 Å². The predicted molar refractivity (Wildman–Crippen MR) is 52.6 cm³/mol. The fraction of sp³-hybridized carbons (Fsp3) is 0.300. The number of nitrogens with zero attached hydrogens (tertiary/aromatic N) is 1. The van der Waals surface area contributed by atoms with Gasteiger partial charge in [-0.15, -0.1) is 0 Å². The predicted octanol–water partition coefficient (Wildman–Crippen LogP) is -0.138. The minimum absolute atomic E-state index is 0.188. The van der Waals surface area contributed by atoms with Crippen LogP contribution in [0.5, 0.6) is 0 Å². The highest BCUT2D eigenvalue weighted by atomic mass is 16.5. The summed E-state index contributed by atoms with van der Waals surface area (Å²) in [6.07, 6.45) is 1.51. The van der Waals surface area contributed by atoms with Gasteiger partial charge in [0.05, 0.1) is 6.61 Å². The molecule has 0 radical (unpaired) electrons. The van der Waals surface area contributed by atoms with Gasteiger partial charge in [0, 0.05) is 6.20 Å². The molecule has 0 saturated heterocycles. The number of fused-ring (bicyclic) bond motifs is 1. The highest BCUT2D eigenvalue weighted by Gasteiger charge is 2.37.